The lowest BCUT2D eigenvalue weighted by atomic mass is 9.97. The molecule has 2 rings (SSSR count). The quantitative estimate of drug-likeness (QED) is 0.0478. The largest absolute Gasteiger partial charge is 0.480 e. The van der Waals surface area contributed by atoms with Crippen molar-refractivity contribution in [3.8, 4) is 0 Å². The van der Waals surface area contributed by atoms with Crippen LogP contribution in [-0.4, -0.2) is 157 Å². The van der Waals surface area contributed by atoms with Crippen molar-refractivity contribution in [3.05, 3.63) is 18.2 Å². The Morgan fingerprint density at radius 1 is 0.800 bits per heavy atom. The molecule has 60 heavy (non-hydrogen) atoms. The lowest BCUT2D eigenvalue weighted by molar-refractivity contribution is -0.144. The summed E-state index contributed by atoms with van der Waals surface area (Å²) in [4.78, 5) is 114. The summed E-state index contributed by atoms with van der Waals surface area (Å²) in [5.41, 5.74) is 6.02. The van der Waals surface area contributed by atoms with Gasteiger partial charge in [0, 0.05) is 24.9 Å². The second-order valence-corrected chi connectivity index (χ2v) is 15.9. The van der Waals surface area contributed by atoms with Crippen molar-refractivity contribution in [2.75, 3.05) is 19.8 Å². The molecule has 0 radical (unpaired) electrons. The molecule has 0 bridgehead atoms. The van der Waals surface area contributed by atoms with Crippen molar-refractivity contribution in [1.82, 2.24) is 46.8 Å². The van der Waals surface area contributed by atoms with Gasteiger partial charge in [-0.25, -0.2) is 9.78 Å². The van der Waals surface area contributed by atoms with Gasteiger partial charge in [0.25, 0.3) is 0 Å². The molecule has 0 saturated carbocycles. The van der Waals surface area contributed by atoms with Gasteiger partial charge in [0.1, 0.15) is 48.3 Å². The van der Waals surface area contributed by atoms with Crippen LogP contribution in [0.1, 0.15) is 79.8 Å². The molecule has 338 valence electrons. The van der Waals surface area contributed by atoms with Gasteiger partial charge in [-0.15, -0.1) is 0 Å². The van der Waals surface area contributed by atoms with E-state index in [0.29, 0.717) is 18.5 Å². The van der Waals surface area contributed by atoms with E-state index in [1.807, 2.05) is 13.8 Å². The number of aliphatic hydroxyl groups is 3. The number of aromatic nitrogens is 2. The fourth-order valence-electron chi connectivity index (χ4n) is 6.49. The number of carboxylic acid groups (broad SMARTS) is 1. The highest BCUT2D eigenvalue weighted by molar-refractivity contribution is 5.98. The van der Waals surface area contributed by atoms with E-state index >= 15 is 0 Å². The van der Waals surface area contributed by atoms with Gasteiger partial charge in [-0.05, 0) is 43.9 Å². The van der Waals surface area contributed by atoms with Crippen molar-refractivity contribution in [2.24, 2.45) is 23.5 Å². The number of aliphatic hydroxyl groups excluding tert-OH is 3. The number of aliphatic carboxylic acids is 1. The lowest BCUT2D eigenvalue weighted by Gasteiger charge is -2.30. The number of aromatic amines is 1. The molecule has 22 nitrogen and oxygen atoms in total. The maximum absolute atomic E-state index is 13.9. The number of nitrogens with one attached hydrogen (secondary N) is 7. The van der Waals surface area contributed by atoms with Crippen LogP contribution >= 0.6 is 0 Å². The number of amides is 7. The molecular formula is C38H64N10O12. The van der Waals surface area contributed by atoms with Gasteiger partial charge in [0.15, 0.2) is 0 Å². The smallest absolute Gasteiger partial charge is 0.326 e. The summed E-state index contributed by atoms with van der Waals surface area (Å²) in [5.74, 6) is -8.26. The molecule has 7 amide bonds. The average molecular weight is 853 g/mol. The number of carbonyl (C=O) groups excluding carboxylic acids is 7. The highest BCUT2D eigenvalue weighted by atomic mass is 16.4. The fourth-order valence-corrected chi connectivity index (χ4v) is 6.49. The standard InChI is InChI=1S/C38H64N10O12/c1-8-20(6)29(38(59)60)46-31(52)24(12-18(2)3)42-35(56)28(19(4)5)45-32(53)25(13-22-14-40-17-41-22)43-36(57)30(21(7)51)47-33(54)26(16-50)44-34(55)27-10-9-11-48(27)37(58)23(39)15-49/h14,17-21,23-30,49-51H,8-13,15-16,39H2,1-7H3,(H,40,41)(H,42,56)(H,43,57)(H,44,55)(H,45,53)(H,46,52)(H,47,54)(H,59,60). The lowest BCUT2D eigenvalue weighted by Crippen LogP contribution is -2.63. The van der Waals surface area contributed by atoms with Gasteiger partial charge < -0.3 is 67.9 Å². The number of hydrogen-bond acceptors (Lipinski definition) is 13. The Labute approximate surface area is 348 Å². The summed E-state index contributed by atoms with van der Waals surface area (Å²) in [6.07, 6.45) is 2.19. The van der Waals surface area contributed by atoms with Crippen LogP contribution in [0, 0.1) is 17.8 Å². The van der Waals surface area contributed by atoms with E-state index in [4.69, 9.17) is 5.73 Å². The summed E-state index contributed by atoms with van der Waals surface area (Å²) < 4.78 is 0. The highest BCUT2D eigenvalue weighted by Crippen LogP contribution is 2.19. The molecule has 10 atom stereocenters. The Kier molecular flexibility index (Phi) is 20.5. The fraction of sp³-hybridized carbons (Fsp3) is 0.711. The van der Waals surface area contributed by atoms with E-state index in [0.717, 1.165) is 0 Å². The van der Waals surface area contributed by atoms with Crippen molar-refractivity contribution in [3.63, 3.8) is 0 Å². The van der Waals surface area contributed by atoms with Crippen molar-refractivity contribution in [1.29, 1.82) is 0 Å². The molecule has 1 aliphatic heterocycles. The number of H-pyrrole nitrogens is 1. The molecule has 1 aromatic rings. The molecule has 2 heterocycles. The summed E-state index contributed by atoms with van der Waals surface area (Å²) in [6, 6.07) is -10.8. The number of likely N-dealkylation sites (tertiary alicyclic amines) is 1. The van der Waals surface area contributed by atoms with Gasteiger partial charge in [0.2, 0.25) is 41.4 Å². The minimum absolute atomic E-state index is 0.106. The van der Waals surface area contributed by atoms with E-state index in [2.05, 4.69) is 41.9 Å². The molecule has 13 N–H and O–H groups in total. The van der Waals surface area contributed by atoms with Crippen molar-refractivity contribution >= 4 is 47.3 Å². The van der Waals surface area contributed by atoms with Gasteiger partial charge in [-0.3, -0.25) is 33.6 Å². The third-order valence-corrected chi connectivity index (χ3v) is 10.2. The monoisotopic (exact) mass is 852 g/mol. The summed E-state index contributed by atoms with van der Waals surface area (Å²) >= 11 is 0. The average Bonchev–Trinajstić information content (AvgIpc) is 3.90. The first kappa shape index (κ1) is 51.0. The first-order valence-corrected chi connectivity index (χ1v) is 20.1. The van der Waals surface area contributed by atoms with Crippen LogP contribution in [0.3, 0.4) is 0 Å². The third kappa shape index (κ3) is 14.8. The summed E-state index contributed by atoms with van der Waals surface area (Å²) in [7, 11) is 0. The van der Waals surface area contributed by atoms with Crippen LogP contribution in [-0.2, 0) is 44.8 Å². The number of rotatable bonds is 24. The zero-order valence-electron chi connectivity index (χ0n) is 35.3. The number of imidazole rings is 1. The van der Waals surface area contributed by atoms with Gasteiger partial charge in [-0.1, -0.05) is 48.0 Å². The van der Waals surface area contributed by atoms with Gasteiger partial charge in [-0.2, -0.15) is 0 Å². The first-order valence-electron chi connectivity index (χ1n) is 20.1. The Bertz CT molecular complexity index is 1620. The summed E-state index contributed by atoms with van der Waals surface area (Å²) in [6.45, 7) is 10.1. The Balaban J connectivity index is 2.28. The molecule has 0 spiro atoms. The van der Waals surface area contributed by atoms with Crippen LogP contribution in [0.2, 0.25) is 0 Å². The van der Waals surface area contributed by atoms with E-state index in [9.17, 15) is 58.8 Å². The Morgan fingerprint density at radius 3 is 1.88 bits per heavy atom. The Morgan fingerprint density at radius 2 is 1.37 bits per heavy atom. The second kappa shape index (κ2) is 24.2. The first-order chi connectivity index (χ1) is 28.2. The van der Waals surface area contributed by atoms with Crippen molar-refractivity contribution < 1.29 is 58.8 Å². The van der Waals surface area contributed by atoms with E-state index in [-0.39, 0.29) is 31.7 Å². The van der Waals surface area contributed by atoms with Crippen LogP contribution in [0.5, 0.6) is 0 Å². The van der Waals surface area contributed by atoms with Crippen LogP contribution in [0.25, 0.3) is 0 Å². The van der Waals surface area contributed by atoms with Gasteiger partial charge in [0.05, 0.1) is 25.6 Å². The maximum atomic E-state index is 13.9. The summed E-state index contributed by atoms with van der Waals surface area (Å²) in [5, 5.41) is 54.5. The topological polar surface area (TPSA) is 348 Å². The normalized spacial score (nSPS) is 18.5. The van der Waals surface area contributed by atoms with Crippen LogP contribution in [0.4, 0.5) is 0 Å². The highest BCUT2D eigenvalue weighted by Gasteiger charge is 2.39. The number of nitrogens with zero attached hydrogens (tertiary/aromatic N) is 2. The number of nitrogens with two attached hydrogens (primary N) is 1. The van der Waals surface area contributed by atoms with E-state index in [1.54, 1.807) is 27.7 Å². The molecule has 1 saturated heterocycles. The molecule has 0 aliphatic carbocycles. The van der Waals surface area contributed by atoms with Gasteiger partial charge >= 0.3 is 5.97 Å². The van der Waals surface area contributed by atoms with Crippen molar-refractivity contribution in [2.45, 2.75) is 135 Å². The van der Waals surface area contributed by atoms with Crippen LogP contribution < -0.4 is 37.6 Å². The Hall–Kier alpha value is -5.19. The van der Waals surface area contributed by atoms with Crippen LogP contribution in [0.15, 0.2) is 12.5 Å². The minimum atomic E-state index is -1.74. The molecular weight excluding hydrogens is 788 g/mol. The molecule has 10 unspecified atom stereocenters. The zero-order chi connectivity index (χ0) is 45.4. The van der Waals surface area contributed by atoms with E-state index in [1.165, 1.54) is 24.3 Å². The third-order valence-electron chi connectivity index (χ3n) is 10.2. The second-order valence-electron chi connectivity index (χ2n) is 15.9. The number of carbonyl (C=O) groups is 8. The SMILES string of the molecule is CCC(C)C(NC(=O)C(CC(C)C)NC(=O)C(NC(=O)C(Cc1cnc[nH]1)NC(=O)C(NC(=O)C(CO)NC(=O)C1CCCN1C(=O)C(N)CO)C(C)O)C(C)C)C(=O)O. The molecule has 22 heteroatoms. The predicted molar refractivity (Wildman–Crippen MR) is 214 cm³/mol. The minimum Gasteiger partial charge on any atom is -0.480 e. The maximum Gasteiger partial charge on any atom is 0.326 e. The zero-order valence-corrected chi connectivity index (χ0v) is 35.3. The molecule has 1 aromatic heterocycles. The molecule has 0 aromatic carbocycles. The number of carboxylic acids is 1. The predicted octanol–water partition coefficient (Wildman–Crippen LogP) is -3.62. The molecule has 1 aliphatic rings. The number of hydrogen-bond donors (Lipinski definition) is 12. The van der Waals surface area contributed by atoms with E-state index < -0.39 is 127 Å². The molecule has 1 fully saturated rings.